The lowest BCUT2D eigenvalue weighted by atomic mass is 10.0. The number of anilines is 1. The average Bonchev–Trinajstić information content (AvgIpc) is 3.06. The summed E-state index contributed by atoms with van der Waals surface area (Å²) in [5.74, 6) is 0.635. The number of rotatable bonds is 7. The highest BCUT2D eigenvalue weighted by molar-refractivity contribution is 5.95. The number of likely N-dealkylation sites (N-methyl/N-ethyl adjacent to an activating group) is 1. The molecule has 4 nitrogen and oxygen atoms in total. The first-order valence-electron chi connectivity index (χ1n) is 8.72. The summed E-state index contributed by atoms with van der Waals surface area (Å²) >= 11 is 0. The van der Waals surface area contributed by atoms with Crippen molar-refractivity contribution in [3.63, 3.8) is 0 Å². The van der Waals surface area contributed by atoms with Crippen LogP contribution in [-0.4, -0.2) is 30.3 Å². The SMILES string of the molecule is CCc1ccccc1NC(=O)CN(C)C(=O)CCC1CCCC1. The second-order valence-electron chi connectivity index (χ2n) is 6.50. The van der Waals surface area contributed by atoms with E-state index in [9.17, 15) is 9.59 Å². The minimum Gasteiger partial charge on any atom is -0.336 e. The van der Waals surface area contributed by atoms with E-state index in [-0.39, 0.29) is 18.4 Å². The van der Waals surface area contributed by atoms with Crippen molar-refractivity contribution >= 4 is 17.5 Å². The molecular formula is C19H28N2O2. The van der Waals surface area contributed by atoms with Crippen molar-refractivity contribution in [1.29, 1.82) is 0 Å². The van der Waals surface area contributed by atoms with E-state index in [0.29, 0.717) is 12.3 Å². The molecule has 1 fully saturated rings. The standard InChI is InChI=1S/C19H28N2O2/c1-3-16-10-6-7-11-17(16)20-18(22)14-21(2)19(23)13-12-15-8-4-5-9-15/h6-7,10-11,15H,3-5,8-9,12-14H2,1-2H3,(H,20,22). The average molecular weight is 316 g/mol. The van der Waals surface area contributed by atoms with Crippen LogP contribution in [0.1, 0.15) is 51.0 Å². The predicted octanol–water partition coefficient (Wildman–Crippen LogP) is 3.62. The minimum absolute atomic E-state index is 0.0656. The number of nitrogens with zero attached hydrogens (tertiary/aromatic N) is 1. The van der Waals surface area contributed by atoms with E-state index in [2.05, 4.69) is 12.2 Å². The molecule has 1 aliphatic carbocycles. The second kappa shape index (κ2) is 8.70. The van der Waals surface area contributed by atoms with E-state index in [1.807, 2.05) is 24.3 Å². The molecule has 1 saturated carbocycles. The molecule has 2 amide bonds. The summed E-state index contributed by atoms with van der Waals surface area (Å²) in [6.45, 7) is 2.17. The quantitative estimate of drug-likeness (QED) is 0.835. The van der Waals surface area contributed by atoms with Gasteiger partial charge in [0.2, 0.25) is 11.8 Å². The third-order valence-corrected chi connectivity index (χ3v) is 4.72. The van der Waals surface area contributed by atoms with Crippen LogP contribution in [0.2, 0.25) is 0 Å². The zero-order valence-corrected chi connectivity index (χ0v) is 14.3. The largest absolute Gasteiger partial charge is 0.336 e. The number of hydrogen-bond donors (Lipinski definition) is 1. The first kappa shape index (κ1) is 17.5. The molecule has 0 aliphatic heterocycles. The molecule has 0 unspecified atom stereocenters. The summed E-state index contributed by atoms with van der Waals surface area (Å²) in [5, 5.41) is 2.91. The van der Waals surface area contributed by atoms with Gasteiger partial charge in [-0.1, -0.05) is 50.8 Å². The van der Waals surface area contributed by atoms with Crippen LogP contribution in [0.5, 0.6) is 0 Å². The van der Waals surface area contributed by atoms with Gasteiger partial charge in [0, 0.05) is 19.2 Å². The Bertz CT molecular complexity index is 536. The van der Waals surface area contributed by atoms with Gasteiger partial charge in [-0.15, -0.1) is 0 Å². The first-order valence-corrected chi connectivity index (χ1v) is 8.72. The smallest absolute Gasteiger partial charge is 0.243 e. The van der Waals surface area contributed by atoms with Crippen LogP contribution in [0.25, 0.3) is 0 Å². The van der Waals surface area contributed by atoms with Gasteiger partial charge < -0.3 is 10.2 Å². The molecule has 1 aromatic rings. The molecule has 0 atom stereocenters. The lowest BCUT2D eigenvalue weighted by Crippen LogP contribution is -2.35. The van der Waals surface area contributed by atoms with Gasteiger partial charge in [-0.3, -0.25) is 9.59 Å². The Morgan fingerprint density at radius 2 is 1.91 bits per heavy atom. The highest BCUT2D eigenvalue weighted by atomic mass is 16.2. The third kappa shape index (κ3) is 5.38. The Hall–Kier alpha value is -1.84. The lowest BCUT2D eigenvalue weighted by Gasteiger charge is -2.18. The van der Waals surface area contributed by atoms with Crippen LogP contribution in [0, 0.1) is 5.92 Å². The van der Waals surface area contributed by atoms with Gasteiger partial charge in [0.1, 0.15) is 0 Å². The number of hydrogen-bond acceptors (Lipinski definition) is 2. The molecule has 0 saturated heterocycles. The molecule has 4 heteroatoms. The number of carbonyl (C=O) groups is 2. The second-order valence-corrected chi connectivity index (χ2v) is 6.50. The number of nitrogens with one attached hydrogen (secondary N) is 1. The molecule has 0 radical (unpaired) electrons. The molecule has 1 aliphatic rings. The van der Waals surface area contributed by atoms with Crippen molar-refractivity contribution in [3.8, 4) is 0 Å². The van der Waals surface area contributed by atoms with E-state index >= 15 is 0 Å². The van der Waals surface area contributed by atoms with E-state index in [1.165, 1.54) is 25.7 Å². The molecular weight excluding hydrogens is 288 g/mol. The van der Waals surface area contributed by atoms with Gasteiger partial charge in [-0.2, -0.15) is 0 Å². The Morgan fingerprint density at radius 3 is 2.61 bits per heavy atom. The molecule has 0 aromatic heterocycles. The summed E-state index contributed by atoms with van der Waals surface area (Å²) in [6.07, 6.45) is 7.49. The summed E-state index contributed by atoms with van der Waals surface area (Å²) in [5.41, 5.74) is 1.95. The van der Waals surface area contributed by atoms with Crippen molar-refractivity contribution < 1.29 is 9.59 Å². The number of benzene rings is 1. The first-order chi connectivity index (χ1) is 11.1. The molecule has 2 rings (SSSR count). The van der Waals surface area contributed by atoms with Crippen LogP contribution in [-0.2, 0) is 16.0 Å². The highest BCUT2D eigenvalue weighted by Gasteiger charge is 2.18. The van der Waals surface area contributed by atoms with Gasteiger partial charge in [0.15, 0.2) is 0 Å². The van der Waals surface area contributed by atoms with Crippen LogP contribution in [0.4, 0.5) is 5.69 Å². The Morgan fingerprint density at radius 1 is 1.22 bits per heavy atom. The zero-order chi connectivity index (χ0) is 16.7. The van der Waals surface area contributed by atoms with Crippen molar-refractivity contribution in [1.82, 2.24) is 4.90 Å². The molecule has 0 bridgehead atoms. The van der Waals surface area contributed by atoms with Crippen molar-refractivity contribution in [2.75, 3.05) is 18.9 Å². The molecule has 1 N–H and O–H groups in total. The molecule has 23 heavy (non-hydrogen) atoms. The zero-order valence-electron chi connectivity index (χ0n) is 14.3. The number of amides is 2. The van der Waals surface area contributed by atoms with Crippen LogP contribution >= 0.6 is 0 Å². The predicted molar refractivity (Wildman–Crippen MR) is 93.3 cm³/mol. The Labute approximate surface area is 139 Å². The van der Waals surface area contributed by atoms with E-state index in [1.54, 1.807) is 11.9 Å². The van der Waals surface area contributed by atoms with Gasteiger partial charge >= 0.3 is 0 Å². The van der Waals surface area contributed by atoms with Gasteiger partial charge in [-0.25, -0.2) is 0 Å². The molecule has 0 heterocycles. The maximum absolute atomic E-state index is 12.2. The summed E-state index contributed by atoms with van der Waals surface area (Å²) in [6, 6.07) is 7.78. The molecule has 1 aromatic carbocycles. The topological polar surface area (TPSA) is 49.4 Å². The van der Waals surface area contributed by atoms with E-state index in [4.69, 9.17) is 0 Å². The minimum atomic E-state index is -0.136. The molecule has 0 spiro atoms. The molecule has 126 valence electrons. The van der Waals surface area contributed by atoms with Gasteiger partial charge in [-0.05, 0) is 30.4 Å². The number of para-hydroxylation sites is 1. The number of carbonyl (C=O) groups excluding carboxylic acids is 2. The fourth-order valence-corrected chi connectivity index (χ4v) is 3.26. The van der Waals surface area contributed by atoms with Gasteiger partial charge in [0.05, 0.1) is 6.54 Å². The Balaban J connectivity index is 1.78. The van der Waals surface area contributed by atoms with E-state index < -0.39 is 0 Å². The van der Waals surface area contributed by atoms with Gasteiger partial charge in [0.25, 0.3) is 0 Å². The fraction of sp³-hybridized carbons (Fsp3) is 0.579. The highest BCUT2D eigenvalue weighted by Crippen LogP contribution is 2.28. The van der Waals surface area contributed by atoms with Crippen molar-refractivity contribution in [3.05, 3.63) is 29.8 Å². The van der Waals surface area contributed by atoms with Crippen LogP contribution < -0.4 is 5.32 Å². The van der Waals surface area contributed by atoms with Crippen molar-refractivity contribution in [2.24, 2.45) is 5.92 Å². The Kier molecular flexibility index (Phi) is 6.63. The van der Waals surface area contributed by atoms with Crippen molar-refractivity contribution in [2.45, 2.75) is 51.9 Å². The summed E-state index contributed by atoms with van der Waals surface area (Å²) in [4.78, 5) is 25.8. The monoisotopic (exact) mass is 316 g/mol. The maximum Gasteiger partial charge on any atom is 0.243 e. The normalized spacial score (nSPS) is 14.7. The maximum atomic E-state index is 12.2. The van der Waals surface area contributed by atoms with Crippen LogP contribution in [0.15, 0.2) is 24.3 Å². The summed E-state index contributed by atoms with van der Waals surface area (Å²) < 4.78 is 0. The van der Waals surface area contributed by atoms with Crippen LogP contribution in [0.3, 0.4) is 0 Å². The third-order valence-electron chi connectivity index (χ3n) is 4.72. The number of aryl methyl sites for hydroxylation is 1. The van der Waals surface area contributed by atoms with E-state index in [0.717, 1.165) is 24.1 Å². The fourth-order valence-electron chi connectivity index (χ4n) is 3.26. The summed E-state index contributed by atoms with van der Waals surface area (Å²) in [7, 11) is 1.71. The lowest BCUT2D eigenvalue weighted by molar-refractivity contribution is -0.133.